The van der Waals surface area contributed by atoms with E-state index in [4.69, 9.17) is 10.5 Å². The summed E-state index contributed by atoms with van der Waals surface area (Å²) in [6.07, 6.45) is 0. The number of rotatable bonds is 2. The van der Waals surface area contributed by atoms with Gasteiger partial charge in [-0.15, -0.1) is 0 Å². The zero-order chi connectivity index (χ0) is 13.9. The molecule has 3 rings (SSSR count). The summed E-state index contributed by atoms with van der Waals surface area (Å²) < 4.78 is 5.30. The average molecular weight is 279 g/mol. The van der Waals surface area contributed by atoms with Crippen LogP contribution in [0.3, 0.4) is 0 Å². The number of anilines is 3. The number of hydrogen-bond donors (Lipinski definition) is 2. The van der Waals surface area contributed by atoms with Crippen LogP contribution in [-0.2, 0) is 9.53 Å². The number of amides is 1. The topological polar surface area (TPSA) is 109 Å². The minimum absolute atomic E-state index is 0.0387. The fraction of sp³-hybridized carbons (Fsp3) is 0.636. The van der Waals surface area contributed by atoms with Crippen molar-refractivity contribution in [1.29, 1.82) is 0 Å². The summed E-state index contributed by atoms with van der Waals surface area (Å²) in [7, 11) is 0. The molecule has 0 radical (unpaired) electrons. The summed E-state index contributed by atoms with van der Waals surface area (Å²) in [5.74, 6) is 1.13. The van der Waals surface area contributed by atoms with Gasteiger partial charge in [0.1, 0.15) is 0 Å². The summed E-state index contributed by atoms with van der Waals surface area (Å²) in [5, 5.41) is 2.76. The third-order valence-electron chi connectivity index (χ3n) is 3.24. The highest BCUT2D eigenvalue weighted by Gasteiger charge is 2.22. The fourth-order valence-electron chi connectivity index (χ4n) is 2.22. The van der Waals surface area contributed by atoms with Gasteiger partial charge in [0.25, 0.3) is 0 Å². The number of nitrogens with zero attached hydrogens (tertiary/aromatic N) is 5. The van der Waals surface area contributed by atoms with Crippen LogP contribution in [0.5, 0.6) is 0 Å². The van der Waals surface area contributed by atoms with Crippen molar-refractivity contribution in [2.45, 2.75) is 0 Å². The average Bonchev–Trinajstić information content (AvgIpc) is 2.47. The number of hydrogen-bond acceptors (Lipinski definition) is 8. The Bertz CT molecular complexity index is 504. The van der Waals surface area contributed by atoms with E-state index in [1.807, 2.05) is 4.90 Å². The molecule has 2 aliphatic rings. The van der Waals surface area contributed by atoms with Crippen LogP contribution < -0.4 is 20.9 Å². The number of aromatic nitrogens is 3. The van der Waals surface area contributed by atoms with Crippen LogP contribution >= 0.6 is 0 Å². The SMILES string of the molecule is Nc1nc(N2CCOCC2)nc(N2CCNC(=O)C2)n1. The first kappa shape index (κ1) is 12.9. The standard InChI is InChI=1S/C11H17N7O2/c12-9-14-10(17-3-5-20-6-4-17)16-11(15-9)18-2-1-13-8(19)7-18/h1-7H2,(H,13,19)(H2,12,14,15,16). The molecular weight excluding hydrogens is 262 g/mol. The molecule has 0 aliphatic carbocycles. The Morgan fingerprint density at radius 2 is 1.75 bits per heavy atom. The lowest BCUT2D eigenvalue weighted by molar-refractivity contribution is -0.120. The number of piperazine rings is 1. The normalized spacial score (nSPS) is 19.9. The summed E-state index contributed by atoms with van der Waals surface area (Å²) in [6.45, 7) is 4.23. The molecule has 2 saturated heterocycles. The van der Waals surface area contributed by atoms with Crippen molar-refractivity contribution >= 4 is 23.8 Å². The molecule has 3 heterocycles. The van der Waals surface area contributed by atoms with E-state index in [1.54, 1.807) is 4.90 Å². The number of ether oxygens (including phenoxy) is 1. The fourth-order valence-corrected chi connectivity index (χ4v) is 2.22. The maximum absolute atomic E-state index is 11.4. The Hall–Kier alpha value is -2.16. The first-order valence-electron chi connectivity index (χ1n) is 6.58. The first-order valence-corrected chi connectivity index (χ1v) is 6.58. The molecule has 20 heavy (non-hydrogen) atoms. The Labute approximate surface area is 116 Å². The molecule has 0 bridgehead atoms. The Kier molecular flexibility index (Phi) is 3.50. The van der Waals surface area contributed by atoms with Crippen LogP contribution in [0.4, 0.5) is 17.8 Å². The zero-order valence-electron chi connectivity index (χ0n) is 11.1. The number of carbonyl (C=O) groups is 1. The molecule has 108 valence electrons. The van der Waals surface area contributed by atoms with Crippen molar-refractivity contribution in [2.24, 2.45) is 0 Å². The second-order valence-corrected chi connectivity index (χ2v) is 4.66. The second kappa shape index (κ2) is 5.45. The quantitative estimate of drug-likeness (QED) is 0.654. The van der Waals surface area contributed by atoms with Gasteiger partial charge in [0.15, 0.2) is 0 Å². The molecule has 0 unspecified atom stereocenters. The predicted octanol–water partition coefficient (Wildman–Crippen LogP) is -1.77. The van der Waals surface area contributed by atoms with E-state index in [-0.39, 0.29) is 18.4 Å². The van der Waals surface area contributed by atoms with E-state index in [2.05, 4.69) is 20.3 Å². The number of carbonyl (C=O) groups excluding carboxylic acids is 1. The lowest BCUT2D eigenvalue weighted by Gasteiger charge is -2.29. The molecule has 9 nitrogen and oxygen atoms in total. The lowest BCUT2D eigenvalue weighted by Crippen LogP contribution is -2.48. The van der Waals surface area contributed by atoms with Gasteiger partial charge in [0, 0.05) is 26.2 Å². The molecule has 1 aromatic heterocycles. The minimum atomic E-state index is -0.0387. The van der Waals surface area contributed by atoms with Gasteiger partial charge >= 0.3 is 0 Å². The molecule has 2 fully saturated rings. The molecule has 0 saturated carbocycles. The van der Waals surface area contributed by atoms with Gasteiger partial charge in [-0.05, 0) is 0 Å². The molecule has 0 aromatic carbocycles. The van der Waals surface area contributed by atoms with E-state index >= 15 is 0 Å². The van der Waals surface area contributed by atoms with Crippen molar-refractivity contribution in [3.05, 3.63) is 0 Å². The predicted molar refractivity (Wildman–Crippen MR) is 72.5 cm³/mol. The molecule has 1 amide bonds. The second-order valence-electron chi connectivity index (χ2n) is 4.66. The van der Waals surface area contributed by atoms with Crippen LogP contribution in [0.15, 0.2) is 0 Å². The Morgan fingerprint density at radius 3 is 2.45 bits per heavy atom. The molecular formula is C11H17N7O2. The maximum atomic E-state index is 11.4. The van der Waals surface area contributed by atoms with Crippen molar-refractivity contribution < 1.29 is 9.53 Å². The maximum Gasteiger partial charge on any atom is 0.239 e. The summed E-state index contributed by atoms with van der Waals surface area (Å²) >= 11 is 0. The van der Waals surface area contributed by atoms with Gasteiger partial charge in [-0.3, -0.25) is 4.79 Å². The summed E-state index contributed by atoms with van der Waals surface area (Å²) in [4.78, 5) is 28.0. The molecule has 2 aliphatic heterocycles. The monoisotopic (exact) mass is 279 g/mol. The van der Waals surface area contributed by atoms with Crippen molar-refractivity contribution in [2.75, 3.05) is 61.5 Å². The Morgan fingerprint density at radius 1 is 1.05 bits per heavy atom. The number of nitrogen functional groups attached to an aromatic ring is 1. The number of morpholine rings is 1. The Balaban J connectivity index is 1.83. The van der Waals surface area contributed by atoms with Gasteiger partial charge in [-0.25, -0.2) is 0 Å². The summed E-state index contributed by atoms with van der Waals surface area (Å²) in [5.41, 5.74) is 5.76. The molecule has 0 spiro atoms. The molecule has 0 atom stereocenters. The third-order valence-corrected chi connectivity index (χ3v) is 3.24. The van der Waals surface area contributed by atoms with Gasteiger partial charge in [-0.1, -0.05) is 0 Å². The van der Waals surface area contributed by atoms with Gasteiger partial charge in [0.2, 0.25) is 23.8 Å². The van der Waals surface area contributed by atoms with E-state index in [0.29, 0.717) is 38.2 Å². The third kappa shape index (κ3) is 2.72. The smallest absolute Gasteiger partial charge is 0.239 e. The highest BCUT2D eigenvalue weighted by atomic mass is 16.5. The van der Waals surface area contributed by atoms with Crippen molar-refractivity contribution in [3.8, 4) is 0 Å². The van der Waals surface area contributed by atoms with Crippen LogP contribution in [0.1, 0.15) is 0 Å². The van der Waals surface area contributed by atoms with Gasteiger partial charge in [0.05, 0.1) is 19.8 Å². The van der Waals surface area contributed by atoms with E-state index in [0.717, 1.165) is 13.1 Å². The van der Waals surface area contributed by atoms with E-state index in [1.165, 1.54) is 0 Å². The van der Waals surface area contributed by atoms with Crippen LogP contribution in [0.25, 0.3) is 0 Å². The van der Waals surface area contributed by atoms with E-state index in [9.17, 15) is 4.79 Å². The molecule has 9 heteroatoms. The van der Waals surface area contributed by atoms with Crippen LogP contribution in [0.2, 0.25) is 0 Å². The van der Waals surface area contributed by atoms with Crippen LogP contribution in [-0.4, -0.2) is 66.8 Å². The van der Waals surface area contributed by atoms with Gasteiger partial charge < -0.3 is 25.6 Å². The highest BCUT2D eigenvalue weighted by molar-refractivity contribution is 5.82. The van der Waals surface area contributed by atoms with Gasteiger partial charge in [-0.2, -0.15) is 15.0 Å². The molecule has 3 N–H and O–H groups in total. The van der Waals surface area contributed by atoms with Crippen molar-refractivity contribution in [3.63, 3.8) is 0 Å². The lowest BCUT2D eigenvalue weighted by atomic mass is 10.4. The van der Waals surface area contributed by atoms with Crippen LogP contribution in [0, 0.1) is 0 Å². The zero-order valence-corrected chi connectivity index (χ0v) is 11.1. The highest BCUT2D eigenvalue weighted by Crippen LogP contribution is 2.16. The molecule has 1 aromatic rings. The van der Waals surface area contributed by atoms with Crippen molar-refractivity contribution in [1.82, 2.24) is 20.3 Å². The number of nitrogens with one attached hydrogen (secondary N) is 1. The first-order chi connectivity index (χ1) is 9.72. The largest absolute Gasteiger partial charge is 0.378 e. The number of nitrogens with two attached hydrogens (primary N) is 1. The minimum Gasteiger partial charge on any atom is -0.378 e. The van der Waals surface area contributed by atoms with E-state index < -0.39 is 0 Å². The summed E-state index contributed by atoms with van der Waals surface area (Å²) in [6, 6.07) is 0.